The van der Waals surface area contributed by atoms with Gasteiger partial charge >= 0.3 is 0 Å². The number of benzene rings is 1. The highest BCUT2D eigenvalue weighted by Gasteiger charge is 2.23. The zero-order valence-electron chi connectivity index (χ0n) is 13.6. The predicted octanol–water partition coefficient (Wildman–Crippen LogP) is 3.69. The minimum Gasteiger partial charge on any atom is -0.320 e. The van der Waals surface area contributed by atoms with Gasteiger partial charge in [0.2, 0.25) is 0 Å². The first-order valence-electron chi connectivity index (χ1n) is 8.07. The third kappa shape index (κ3) is 4.07. The van der Waals surface area contributed by atoms with E-state index < -0.39 is 0 Å². The van der Waals surface area contributed by atoms with E-state index in [0.29, 0.717) is 6.04 Å². The highest BCUT2D eigenvalue weighted by Crippen LogP contribution is 2.28. The number of aryl methyl sites for hydroxylation is 2. The molecule has 0 spiro atoms. The summed E-state index contributed by atoms with van der Waals surface area (Å²) in [6.07, 6.45) is 4.05. The molecule has 0 aliphatic carbocycles. The molecular weight excluding hydrogens is 244 g/mol. The van der Waals surface area contributed by atoms with Crippen molar-refractivity contribution in [3.63, 3.8) is 0 Å². The van der Waals surface area contributed by atoms with Gasteiger partial charge in [-0.2, -0.15) is 0 Å². The van der Waals surface area contributed by atoms with Gasteiger partial charge < -0.3 is 5.32 Å². The molecule has 1 N–H and O–H groups in total. The Hall–Kier alpha value is -0.860. The maximum atomic E-state index is 3.27. The molecule has 1 fully saturated rings. The number of piperidine rings is 1. The van der Waals surface area contributed by atoms with Crippen LogP contribution in [0, 0.1) is 19.8 Å². The van der Waals surface area contributed by atoms with E-state index in [4.69, 9.17) is 0 Å². The van der Waals surface area contributed by atoms with Gasteiger partial charge in [-0.25, -0.2) is 0 Å². The zero-order chi connectivity index (χ0) is 14.5. The van der Waals surface area contributed by atoms with Gasteiger partial charge in [0, 0.05) is 6.04 Å². The van der Waals surface area contributed by atoms with Crippen LogP contribution in [0.4, 0.5) is 0 Å². The fourth-order valence-corrected chi connectivity index (χ4v) is 3.44. The Morgan fingerprint density at radius 1 is 1.15 bits per heavy atom. The summed E-state index contributed by atoms with van der Waals surface area (Å²) in [6.45, 7) is 10.4. The van der Waals surface area contributed by atoms with E-state index in [-0.39, 0.29) is 0 Å². The second kappa shape index (κ2) is 7.24. The molecule has 1 unspecified atom stereocenters. The number of hydrogen-bond acceptors (Lipinski definition) is 2. The molecule has 1 aliphatic rings. The second-order valence-electron chi connectivity index (χ2n) is 6.47. The Labute approximate surface area is 124 Å². The predicted molar refractivity (Wildman–Crippen MR) is 87.2 cm³/mol. The third-order valence-electron chi connectivity index (χ3n) is 4.73. The fourth-order valence-electron chi connectivity index (χ4n) is 3.44. The van der Waals surface area contributed by atoms with Crippen molar-refractivity contribution >= 4 is 0 Å². The minimum absolute atomic E-state index is 0.554. The highest BCUT2D eigenvalue weighted by molar-refractivity contribution is 5.30. The molecule has 0 bridgehead atoms. The molecule has 112 valence electrons. The van der Waals surface area contributed by atoms with E-state index in [2.05, 4.69) is 56.2 Å². The second-order valence-corrected chi connectivity index (χ2v) is 6.47. The van der Waals surface area contributed by atoms with Crippen LogP contribution in [-0.2, 0) is 0 Å². The Kier molecular flexibility index (Phi) is 5.62. The summed E-state index contributed by atoms with van der Waals surface area (Å²) in [5, 5.41) is 3.27. The highest BCUT2D eigenvalue weighted by atomic mass is 15.2. The average molecular weight is 274 g/mol. The van der Waals surface area contributed by atoms with Crippen LogP contribution in [-0.4, -0.2) is 31.6 Å². The van der Waals surface area contributed by atoms with E-state index in [9.17, 15) is 0 Å². The summed E-state index contributed by atoms with van der Waals surface area (Å²) in [5.41, 5.74) is 4.25. The number of rotatable bonds is 5. The van der Waals surface area contributed by atoms with Crippen LogP contribution in [0.1, 0.15) is 48.9 Å². The van der Waals surface area contributed by atoms with Crippen molar-refractivity contribution in [1.29, 1.82) is 0 Å². The largest absolute Gasteiger partial charge is 0.320 e. The molecular formula is C18H30N2. The topological polar surface area (TPSA) is 15.3 Å². The Morgan fingerprint density at radius 3 is 2.30 bits per heavy atom. The standard InChI is InChI=1S/C18H30N2/c1-14-11-15(2)13-18(12-14)16(3)20-9-6-17(7-10-20)5-8-19-4/h11-13,16-17,19H,5-10H2,1-4H3. The third-order valence-corrected chi connectivity index (χ3v) is 4.73. The lowest BCUT2D eigenvalue weighted by atomic mass is 9.91. The van der Waals surface area contributed by atoms with Crippen LogP contribution in [0.3, 0.4) is 0 Å². The molecule has 0 radical (unpaired) electrons. The molecule has 1 aromatic carbocycles. The molecule has 1 saturated heterocycles. The lowest BCUT2D eigenvalue weighted by Gasteiger charge is -2.36. The van der Waals surface area contributed by atoms with Crippen molar-refractivity contribution in [3.8, 4) is 0 Å². The first kappa shape index (κ1) is 15.5. The maximum absolute atomic E-state index is 3.27. The summed E-state index contributed by atoms with van der Waals surface area (Å²) in [6, 6.07) is 7.52. The maximum Gasteiger partial charge on any atom is 0.0320 e. The monoisotopic (exact) mass is 274 g/mol. The summed E-state index contributed by atoms with van der Waals surface area (Å²) in [5.74, 6) is 0.921. The van der Waals surface area contributed by atoms with Crippen LogP contribution in [0.5, 0.6) is 0 Å². The lowest BCUT2D eigenvalue weighted by Crippen LogP contribution is -2.36. The lowest BCUT2D eigenvalue weighted by molar-refractivity contribution is 0.137. The van der Waals surface area contributed by atoms with Gasteiger partial charge in [-0.3, -0.25) is 4.90 Å². The van der Waals surface area contributed by atoms with Crippen molar-refractivity contribution in [3.05, 3.63) is 34.9 Å². The Morgan fingerprint density at radius 2 is 1.75 bits per heavy atom. The molecule has 2 rings (SSSR count). The van der Waals surface area contributed by atoms with Gasteiger partial charge in [-0.1, -0.05) is 29.3 Å². The van der Waals surface area contributed by atoms with Crippen LogP contribution < -0.4 is 5.32 Å². The smallest absolute Gasteiger partial charge is 0.0320 e. The molecule has 1 atom stereocenters. The SMILES string of the molecule is CNCCC1CCN(C(C)c2cc(C)cc(C)c2)CC1. The normalized spacial score (nSPS) is 19.2. The molecule has 20 heavy (non-hydrogen) atoms. The van der Waals surface area contributed by atoms with Crippen LogP contribution in [0.2, 0.25) is 0 Å². The van der Waals surface area contributed by atoms with Crippen molar-refractivity contribution in [2.45, 2.75) is 46.1 Å². The van der Waals surface area contributed by atoms with Gasteiger partial charge in [-0.15, -0.1) is 0 Å². The van der Waals surface area contributed by atoms with Crippen LogP contribution >= 0.6 is 0 Å². The average Bonchev–Trinajstić information content (AvgIpc) is 2.44. The summed E-state index contributed by atoms with van der Waals surface area (Å²) in [7, 11) is 2.05. The van der Waals surface area contributed by atoms with E-state index in [1.807, 2.05) is 0 Å². The first-order chi connectivity index (χ1) is 9.60. The van der Waals surface area contributed by atoms with Crippen molar-refractivity contribution < 1.29 is 0 Å². The molecule has 0 saturated carbocycles. The molecule has 2 nitrogen and oxygen atoms in total. The van der Waals surface area contributed by atoms with Crippen LogP contribution in [0.15, 0.2) is 18.2 Å². The molecule has 1 aromatic rings. The number of hydrogen-bond donors (Lipinski definition) is 1. The number of nitrogens with zero attached hydrogens (tertiary/aromatic N) is 1. The molecule has 1 heterocycles. The van der Waals surface area contributed by atoms with Gasteiger partial charge in [0.15, 0.2) is 0 Å². The van der Waals surface area contributed by atoms with Crippen molar-refractivity contribution in [2.75, 3.05) is 26.7 Å². The number of likely N-dealkylation sites (tertiary alicyclic amines) is 1. The van der Waals surface area contributed by atoms with Crippen LogP contribution in [0.25, 0.3) is 0 Å². The minimum atomic E-state index is 0.554. The van der Waals surface area contributed by atoms with E-state index in [1.165, 1.54) is 49.0 Å². The summed E-state index contributed by atoms with van der Waals surface area (Å²) < 4.78 is 0. The van der Waals surface area contributed by atoms with Gasteiger partial charge in [0.25, 0.3) is 0 Å². The first-order valence-corrected chi connectivity index (χ1v) is 8.07. The molecule has 0 amide bonds. The summed E-state index contributed by atoms with van der Waals surface area (Å²) >= 11 is 0. The molecule has 2 heteroatoms. The van der Waals surface area contributed by atoms with E-state index in [0.717, 1.165) is 12.5 Å². The fraction of sp³-hybridized carbons (Fsp3) is 0.667. The van der Waals surface area contributed by atoms with Gasteiger partial charge in [0.1, 0.15) is 0 Å². The van der Waals surface area contributed by atoms with Gasteiger partial charge in [0.05, 0.1) is 0 Å². The molecule has 0 aromatic heterocycles. The van der Waals surface area contributed by atoms with E-state index in [1.54, 1.807) is 0 Å². The Bertz CT molecular complexity index is 399. The quantitative estimate of drug-likeness (QED) is 0.881. The van der Waals surface area contributed by atoms with Crippen molar-refractivity contribution in [2.24, 2.45) is 5.92 Å². The molecule has 1 aliphatic heterocycles. The zero-order valence-corrected chi connectivity index (χ0v) is 13.6. The van der Waals surface area contributed by atoms with Gasteiger partial charge in [-0.05, 0) is 78.2 Å². The van der Waals surface area contributed by atoms with Crippen molar-refractivity contribution in [1.82, 2.24) is 10.2 Å². The summed E-state index contributed by atoms with van der Waals surface area (Å²) in [4.78, 5) is 2.66. The Balaban J connectivity index is 1.92. The van der Waals surface area contributed by atoms with E-state index >= 15 is 0 Å². The number of nitrogens with one attached hydrogen (secondary N) is 1.